The normalized spacial score (nSPS) is 16.8. The zero-order valence-corrected chi connectivity index (χ0v) is 13.2. The van der Waals surface area contributed by atoms with Crippen molar-refractivity contribution in [3.05, 3.63) is 0 Å². The lowest BCUT2D eigenvalue weighted by Crippen LogP contribution is -2.53. The zero-order chi connectivity index (χ0) is 12.7. The Labute approximate surface area is 98.0 Å². The Kier molecular flexibility index (Phi) is 3.20. The first kappa shape index (κ1) is 12.6. The van der Waals surface area contributed by atoms with Gasteiger partial charge in [-0.3, -0.25) is 0 Å². The summed E-state index contributed by atoms with van der Waals surface area (Å²) < 4.78 is 8.05. The quantitative estimate of drug-likeness (QED) is 0.463. The molecule has 86 valence electrons. The van der Waals surface area contributed by atoms with Crippen molar-refractivity contribution in [2.45, 2.75) is 77.4 Å². The lowest BCUT2D eigenvalue weighted by molar-refractivity contribution is 0.560. The topological polar surface area (TPSA) is 0 Å². The highest BCUT2D eigenvalue weighted by Gasteiger charge is 2.57. The van der Waals surface area contributed by atoms with Gasteiger partial charge in [-0.2, -0.15) is 12.0 Å². The molecule has 0 bridgehead atoms. The second-order valence-corrected chi connectivity index (χ2v) is 15.1. The third-order valence-electron chi connectivity index (χ3n) is 3.17. The van der Waals surface area contributed by atoms with E-state index in [1.54, 1.807) is 0 Å². The first-order chi connectivity index (χ1) is 6.31. The summed E-state index contributed by atoms with van der Waals surface area (Å²) in [4.78, 5) is 0. The van der Waals surface area contributed by atoms with Crippen LogP contribution in [0.2, 0.25) is 15.1 Å². The predicted molar refractivity (Wildman–Crippen MR) is 73.9 cm³/mol. The molecule has 0 rings (SSSR count). The van der Waals surface area contributed by atoms with Gasteiger partial charge in [-0.1, -0.05) is 62.3 Å². The Morgan fingerprint density at radius 1 is 0.714 bits per heavy atom. The van der Waals surface area contributed by atoms with Crippen LogP contribution in [-0.4, -0.2) is 8.35 Å². The number of rotatable bonds is 1. The highest BCUT2D eigenvalue weighted by molar-refractivity contribution is 8.15. The monoisotopic (exact) mass is 233 g/mol. The molecule has 0 saturated heterocycles. The van der Waals surface area contributed by atoms with Crippen molar-refractivity contribution in [1.29, 1.82) is 1.12 Å². The molecule has 0 aliphatic carbocycles. The molecule has 0 nitrogen and oxygen atoms in total. The predicted octanol–water partition coefficient (Wildman–Crippen LogP) is 5.26. The molecule has 14 heavy (non-hydrogen) atoms. The van der Waals surface area contributed by atoms with Gasteiger partial charge < -0.3 is 0 Å². The van der Waals surface area contributed by atoms with E-state index in [9.17, 15) is 0 Å². The summed E-state index contributed by atoms with van der Waals surface area (Å²) >= 11 is 1.43. The van der Waals surface area contributed by atoms with Gasteiger partial charge in [-0.15, -0.1) is 0 Å². The molecule has 0 aromatic carbocycles. The summed E-state index contributed by atoms with van der Waals surface area (Å²) in [6, 6.07) is 0. The van der Waals surface area contributed by atoms with E-state index in [4.69, 9.17) is 1.12 Å². The molecular weight excluding hydrogens is 204 g/mol. The third kappa shape index (κ3) is 2.21. The summed E-state index contributed by atoms with van der Waals surface area (Å²) in [6.07, 6.45) is 0. The van der Waals surface area contributed by atoms with Crippen molar-refractivity contribution >= 4 is 19.2 Å². The molecule has 0 saturated carbocycles. The molecule has 0 unspecified atom stereocenters. The maximum atomic E-state index is 8.05. The molecule has 0 spiro atoms. The molecule has 0 fully saturated rings. The second kappa shape index (κ2) is 3.55. The second-order valence-electron chi connectivity index (χ2n) is 7.43. The number of thiol groups is 1. The van der Waals surface area contributed by atoms with Gasteiger partial charge in [-0.05, 0) is 15.1 Å². The molecule has 0 atom stereocenters. The van der Waals surface area contributed by atoms with Gasteiger partial charge in [0.2, 0.25) is 0 Å². The van der Waals surface area contributed by atoms with Crippen LogP contribution in [0, 0.1) is 0 Å². The Bertz CT molecular complexity index is 181. The summed E-state index contributed by atoms with van der Waals surface area (Å²) in [5, 5.41) is 0.738. The van der Waals surface area contributed by atoms with Crippen molar-refractivity contribution in [2.75, 3.05) is 0 Å². The SMILES string of the molecule is [2H]S[Si](C(C)(C)C)(C(C)(C)C)C(C)(C)C. The van der Waals surface area contributed by atoms with E-state index in [0.717, 1.165) is 0 Å². The third-order valence-corrected chi connectivity index (χ3v) is 15.0. The van der Waals surface area contributed by atoms with E-state index >= 15 is 0 Å². The summed E-state index contributed by atoms with van der Waals surface area (Å²) in [5.74, 6) is 0. The van der Waals surface area contributed by atoms with Crippen LogP contribution >= 0.6 is 12.0 Å². The van der Waals surface area contributed by atoms with Crippen molar-refractivity contribution < 1.29 is 0 Å². The van der Waals surface area contributed by atoms with Gasteiger partial charge in [-0.25, -0.2) is 0 Å². The van der Waals surface area contributed by atoms with Gasteiger partial charge >= 0.3 is 0 Å². The van der Waals surface area contributed by atoms with E-state index in [1.165, 1.54) is 12.0 Å². The molecule has 0 aromatic heterocycles. The molecule has 0 aromatic rings. The Balaban J connectivity index is 5.78. The zero-order valence-electron chi connectivity index (χ0n) is 12.4. The maximum absolute atomic E-state index is 8.05. The molecule has 0 aliphatic heterocycles. The number of hydrogen-bond donors (Lipinski definition) is 1. The minimum atomic E-state index is -1.79. The fourth-order valence-electron chi connectivity index (χ4n) is 3.38. The van der Waals surface area contributed by atoms with E-state index in [-0.39, 0.29) is 15.1 Å². The van der Waals surface area contributed by atoms with Crippen molar-refractivity contribution in [1.82, 2.24) is 0 Å². The van der Waals surface area contributed by atoms with Gasteiger partial charge in [0, 0.05) is 0 Å². The standard InChI is InChI=1S/C12H28SSi/c1-10(2,3)14(13,11(4,5)6)12(7,8)9/h13H,1-9H3/i13D. The van der Waals surface area contributed by atoms with Gasteiger partial charge in [0.15, 0.2) is 0 Å². The average molecular weight is 234 g/mol. The summed E-state index contributed by atoms with van der Waals surface area (Å²) in [7, 11) is -1.79. The van der Waals surface area contributed by atoms with Crippen LogP contribution in [0.25, 0.3) is 0 Å². The molecule has 0 heterocycles. The fraction of sp³-hybridized carbons (Fsp3) is 1.00. The fourth-order valence-corrected chi connectivity index (χ4v) is 10.1. The van der Waals surface area contributed by atoms with Crippen LogP contribution in [0.15, 0.2) is 0 Å². The maximum Gasteiger partial charge on any atom is 0.129 e. The first-order valence-electron chi connectivity index (χ1n) is 5.86. The van der Waals surface area contributed by atoms with Crippen LogP contribution in [0.3, 0.4) is 0 Å². The smallest absolute Gasteiger partial charge is 0.129 e. The Morgan fingerprint density at radius 3 is 0.929 bits per heavy atom. The van der Waals surface area contributed by atoms with E-state index in [0.29, 0.717) is 0 Å². The minimum Gasteiger partial charge on any atom is -0.200 e. The van der Waals surface area contributed by atoms with Crippen molar-refractivity contribution in [3.63, 3.8) is 0 Å². The van der Waals surface area contributed by atoms with E-state index < -0.39 is 7.22 Å². The van der Waals surface area contributed by atoms with Crippen LogP contribution in [0.5, 0.6) is 0 Å². The molecule has 2 heteroatoms. The molecule has 0 N–H and O–H groups in total. The van der Waals surface area contributed by atoms with Crippen LogP contribution < -0.4 is 0 Å². The van der Waals surface area contributed by atoms with E-state index in [2.05, 4.69) is 62.3 Å². The van der Waals surface area contributed by atoms with Gasteiger partial charge in [0.25, 0.3) is 0 Å². The lowest BCUT2D eigenvalue weighted by atomic mass is 10.2. The van der Waals surface area contributed by atoms with Crippen LogP contribution in [0.1, 0.15) is 62.3 Å². The summed E-state index contributed by atoms with van der Waals surface area (Å²) in [5.41, 5.74) is 0. The Hall–Kier alpha value is 0.567. The highest BCUT2D eigenvalue weighted by Crippen LogP contribution is 2.63. The largest absolute Gasteiger partial charge is 0.200 e. The Morgan fingerprint density at radius 2 is 0.929 bits per heavy atom. The van der Waals surface area contributed by atoms with Crippen LogP contribution in [-0.2, 0) is 0 Å². The number of hydrogen-bond acceptors (Lipinski definition) is 1. The van der Waals surface area contributed by atoms with Crippen LogP contribution in [0.4, 0.5) is 0 Å². The summed E-state index contributed by atoms with van der Waals surface area (Å²) in [6.45, 7) is 20.9. The van der Waals surface area contributed by atoms with E-state index in [1.807, 2.05) is 0 Å². The molecular formula is C12H28SSi. The average Bonchev–Trinajstić information content (AvgIpc) is 1.76. The lowest BCUT2D eigenvalue weighted by Gasteiger charge is -2.56. The van der Waals surface area contributed by atoms with Gasteiger partial charge in [0.05, 0.1) is 1.12 Å². The molecule has 0 radical (unpaired) electrons. The molecule has 0 amide bonds. The first-order valence-corrected chi connectivity index (χ1v) is 8.59. The van der Waals surface area contributed by atoms with Crippen molar-refractivity contribution in [2.24, 2.45) is 0 Å². The van der Waals surface area contributed by atoms with Crippen molar-refractivity contribution in [3.8, 4) is 0 Å². The van der Waals surface area contributed by atoms with Gasteiger partial charge in [0.1, 0.15) is 7.22 Å². The highest BCUT2D eigenvalue weighted by atomic mass is 32.3. The minimum absolute atomic E-state index is 0.246. The molecule has 0 aliphatic rings.